The molecule has 2 aromatic heterocycles. The summed E-state index contributed by atoms with van der Waals surface area (Å²) in [4.78, 5) is 61.0. The molecule has 1 amide bonds. The minimum absolute atomic E-state index is 0. The molecule has 0 aliphatic rings. The zero-order valence-electron chi connectivity index (χ0n) is 19.4. The second-order valence-corrected chi connectivity index (χ2v) is 7.16. The first-order chi connectivity index (χ1) is 15.6. The summed E-state index contributed by atoms with van der Waals surface area (Å²) in [7, 11) is 0. The van der Waals surface area contributed by atoms with Crippen molar-refractivity contribution in [2.45, 2.75) is 31.8 Å². The van der Waals surface area contributed by atoms with Crippen LogP contribution >= 0.6 is 0 Å². The molecule has 0 aliphatic carbocycles. The second-order valence-electron chi connectivity index (χ2n) is 7.16. The van der Waals surface area contributed by atoms with Crippen LogP contribution in [0.3, 0.4) is 0 Å². The standard InChI is InChI=1S/C20H21N7O6.Na.H/c1-9(13-8-22-16-15(24-13)18(31)27-20(21)26-16)23-11-4-2-10(3-5-11)17(30)25-12(19(32)33)6-7-14(28)29;;/h2-5,8-9,12,23H,6-7H2,1H3,(H,25,30)(H,28,29)(H,32,33)(H3,21,22,26,27,31);;/q;+1;-1. The molecule has 0 saturated carbocycles. The van der Waals surface area contributed by atoms with Crippen LogP contribution in [0.4, 0.5) is 11.6 Å². The number of nitrogen functional groups attached to an aromatic ring is 1. The molecule has 34 heavy (non-hydrogen) atoms. The number of aromatic nitrogens is 4. The van der Waals surface area contributed by atoms with E-state index in [1.165, 1.54) is 18.3 Å². The molecule has 2 unspecified atom stereocenters. The molecule has 174 valence electrons. The number of nitrogens with zero attached hydrogens (tertiary/aromatic N) is 3. The molecule has 7 N–H and O–H groups in total. The first-order valence-corrected chi connectivity index (χ1v) is 9.78. The third-order valence-corrected chi connectivity index (χ3v) is 4.68. The first kappa shape index (κ1) is 26.7. The fourth-order valence-electron chi connectivity index (χ4n) is 2.97. The van der Waals surface area contributed by atoms with Crippen molar-refractivity contribution in [1.82, 2.24) is 25.3 Å². The van der Waals surface area contributed by atoms with Gasteiger partial charge in [-0.2, -0.15) is 4.98 Å². The number of H-pyrrole nitrogens is 1. The van der Waals surface area contributed by atoms with Gasteiger partial charge in [-0.05, 0) is 37.6 Å². The Morgan fingerprint density at radius 2 is 1.85 bits per heavy atom. The number of aromatic amines is 1. The van der Waals surface area contributed by atoms with Gasteiger partial charge in [0.15, 0.2) is 11.2 Å². The van der Waals surface area contributed by atoms with E-state index >= 15 is 0 Å². The van der Waals surface area contributed by atoms with Gasteiger partial charge >= 0.3 is 41.5 Å². The van der Waals surface area contributed by atoms with E-state index in [0.717, 1.165) is 0 Å². The number of amides is 1. The van der Waals surface area contributed by atoms with E-state index in [1.54, 1.807) is 19.1 Å². The molecule has 3 aromatic rings. The summed E-state index contributed by atoms with van der Waals surface area (Å²) in [5.74, 6) is -3.16. The number of nitrogens with two attached hydrogens (primary N) is 1. The smallest absolute Gasteiger partial charge is 1.00 e. The fraction of sp³-hybridized carbons (Fsp3) is 0.250. The first-order valence-electron chi connectivity index (χ1n) is 9.78. The van der Waals surface area contributed by atoms with Crippen LogP contribution in [0.1, 0.15) is 43.3 Å². The quantitative estimate of drug-likeness (QED) is 0.178. The number of carboxylic acid groups (broad SMARTS) is 2. The van der Waals surface area contributed by atoms with E-state index in [9.17, 15) is 19.2 Å². The van der Waals surface area contributed by atoms with E-state index in [-0.39, 0.29) is 72.5 Å². The minimum Gasteiger partial charge on any atom is -1.00 e. The van der Waals surface area contributed by atoms with E-state index in [4.69, 9.17) is 15.9 Å². The van der Waals surface area contributed by atoms with E-state index in [2.05, 4.69) is 30.6 Å². The average molecular weight is 479 g/mol. The maximum atomic E-state index is 12.3. The normalized spacial score (nSPS) is 12.3. The fourth-order valence-corrected chi connectivity index (χ4v) is 2.97. The van der Waals surface area contributed by atoms with E-state index in [1.807, 2.05) is 0 Å². The van der Waals surface area contributed by atoms with Crippen LogP contribution in [0.2, 0.25) is 0 Å². The van der Waals surface area contributed by atoms with Gasteiger partial charge in [0.1, 0.15) is 6.04 Å². The molecule has 0 radical (unpaired) electrons. The van der Waals surface area contributed by atoms with Crippen LogP contribution in [0, 0.1) is 0 Å². The molecule has 2 atom stereocenters. The van der Waals surface area contributed by atoms with Crippen molar-refractivity contribution in [3.8, 4) is 0 Å². The summed E-state index contributed by atoms with van der Waals surface area (Å²) in [6.07, 6.45) is 0.854. The molecule has 2 heterocycles. The summed E-state index contributed by atoms with van der Waals surface area (Å²) in [5.41, 5.74) is 6.49. The Labute approximate surface area is 216 Å². The van der Waals surface area contributed by atoms with Crippen molar-refractivity contribution in [1.29, 1.82) is 0 Å². The summed E-state index contributed by atoms with van der Waals surface area (Å²) in [5, 5.41) is 23.4. The largest absolute Gasteiger partial charge is 1.00 e. The van der Waals surface area contributed by atoms with Crippen LogP contribution in [0.15, 0.2) is 35.3 Å². The second kappa shape index (κ2) is 11.5. The molecule has 1 aromatic carbocycles. The number of benzene rings is 1. The van der Waals surface area contributed by atoms with Crippen LogP contribution < -0.4 is 51.5 Å². The van der Waals surface area contributed by atoms with Gasteiger partial charge in [-0.15, -0.1) is 0 Å². The molecule has 0 spiro atoms. The van der Waals surface area contributed by atoms with Gasteiger partial charge in [0.2, 0.25) is 5.95 Å². The third-order valence-electron chi connectivity index (χ3n) is 4.68. The molecule has 0 fully saturated rings. The number of aliphatic carboxylic acids is 2. The Kier molecular flexibility index (Phi) is 9.06. The number of carbonyl (C=O) groups excluding carboxylic acids is 1. The number of carboxylic acids is 2. The van der Waals surface area contributed by atoms with Gasteiger partial charge in [-0.25, -0.2) is 14.8 Å². The summed E-state index contributed by atoms with van der Waals surface area (Å²) >= 11 is 0. The van der Waals surface area contributed by atoms with Crippen LogP contribution in [-0.4, -0.2) is 54.0 Å². The van der Waals surface area contributed by atoms with Gasteiger partial charge < -0.3 is 28.0 Å². The van der Waals surface area contributed by atoms with Gasteiger partial charge in [-0.1, -0.05) is 0 Å². The molecule has 0 saturated heterocycles. The Morgan fingerprint density at radius 3 is 2.47 bits per heavy atom. The summed E-state index contributed by atoms with van der Waals surface area (Å²) in [6.45, 7) is 1.80. The topological polar surface area (TPSA) is 213 Å². The van der Waals surface area contributed by atoms with Crippen molar-refractivity contribution < 1.29 is 55.6 Å². The number of fused-ring (bicyclic) bond motifs is 1. The monoisotopic (exact) mass is 479 g/mol. The van der Waals surface area contributed by atoms with Gasteiger partial charge in [0, 0.05) is 17.7 Å². The van der Waals surface area contributed by atoms with E-state index in [0.29, 0.717) is 11.4 Å². The predicted octanol–water partition coefficient (Wildman–Crippen LogP) is -2.37. The Hall–Kier alpha value is -3.55. The number of carbonyl (C=O) groups is 3. The Morgan fingerprint density at radius 1 is 1.18 bits per heavy atom. The van der Waals surface area contributed by atoms with Gasteiger partial charge in [0.25, 0.3) is 11.5 Å². The van der Waals surface area contributed by atoms with Crippen molar-refractivity contribution in [3.63, 3.8) is 0 Å². The maximum Gasteiger partial charge on any atom is 1.00 e. The molecular weight excluding hydrogens is 457 g/mol. The van der Waals surface area contributed by atoms with E-state index < -0.39 is 29.4 Å². The van der Waals surface area contributed by atoms with Crippen molar-refractivity contribution in [3.05, 3.63) is 52.1 Å². The number of hydrogen-bond acceptors (Lipinski definition) is 9. The minimum atomic E-state index is -1.31. The SMILES string of the molecule is CC(Nc1ccc(C(=O)NC(CCC(=O)O)C(=O)O)cc1)c1cnc2nc(N)[nH]c(=O)c2n1.[H-].[Na+]. The zero-order chi connectivity index (χ0) is 24.1. The van der Waals surface area contributed by atoms with Gasteiger partial charge in [0.05, 0.1) is 17.9 Å². The molecule has 3 rings (SSSR count). The number of nitrogens with one attached hydrogen (secondary N) is 3. The third kappa shape index (κ3) is 6.73. The van der Waals surface area contributed by atoms with Crippen LogP contribution in [0.25, 0.3) is 11.2 Å². The number of rotatable bonds is 9. The van der Waals surface area contributed by atoms with Crippen molar-refractivity contribution >= 4 is 40.6 Å². The number of anilines is 2. The molecule has 0 aliphatic heterocycles. The summed E-state index contributed by atoms with van der Waals surface area (Å²) < 4.78 is 0. The van der Waals surface area contributed by atoms with Crippen LogP contribution in [0.5, 0.6) is 0 Å². The van der Waals surface area contributed by atoms with Crippen molar-refractivity contribution in [2.75, 3.05) is 11.1 Å². The summed E-state index contributed by atoms with van der Waals surface area (Å²) in [6, 6.07) is 4.54. The molecular formula is C20H22N7NaO6. The average Bonchev–Trinajstić information content (AvgIpc) is 2.76. The Bertz CT molecular complexity index is 1270. The van der Waals surface area contributed by atoms with Crippen molar-refractivity contribution in [2.24, 2.45) is 0 Å². The van der Waals surface area contributed by atoms with Gasteiger partial charge in [-0.3, -0.25) is 19.4 Å². The Balaban J connectivity index is 0.00000306. The maximum absolute atomic E-state index is 12.3. The molecule has 14 heteroatoms. The molecule has 13 nitrogen and oxygen atoms in total. The number of hydrogen-bond donors (Lipinski definition) is 6. The molecule has 0 bridgehead atoms. The predicted molar refractivity (Wildman–Crippen MR) is 118 cm³/mol. The zero-order valence-corrected chi connectivity index (χ0v) is 20.4. The van der Waals surface area contributed by atoms with Crippen LogP contribution in [-0.2, 0) is 9.59 Å².